The summed E-state index contributed by atoms with van der Waals surface area (Å²) in [6.45, 7) is 2.04. The Labute approximate surface area is 109 Å². The summed E-state index contributed by atoms with van der Waals surface area (Å²) < 4.78 is 1.24. The smallest absolute Gasteiger partial charge is 0.0633 e. The van der Waals surface area contributed by atoms with E-state index in [1.165, 1.54) is 9.13 Å². The minimum Gasteiger partial charge on any atom is -0.253 e. The van der Waals surface area contributed by atoms with Crippen molar-refractivity contribution in [2.75, 3.05) is 0 Å². The van der Waals surface area contributed by atoms with E-state index in [0.717, 1.165) is 11.4 Å². The molecule has 0 saturated heterocycles. The van der Waals surface area contributed by atoms with Crippen molar-refractivity contribution >= 4 is 34.0 Å². The predicted molar refractivity (Wildman–Crippen MR) is 77.5 cm³/mol. The van der Waals surface area contributed by atoms with Crippen LogP contribution in [0.15, 0.2) is 59.6 Å². The number of para-hydroxylation sites is 1. The standard InChI is InChI=1S/C14H12IN/c1-11(12-7-9-13(15)10-8-12)16-14-5-3-2-4-6-14/h2-10H,1H3. The second-order valence-electron chi connectivity index (χ2n) is 3.54. The van der Waals surface area contributed by atoms with E-state index in [1.54, 1.807) is 0 Å². The summed E-state index contributed by atoms with van der Waals surface area (Å²) in [6, 6.07) is 18.4. The van der Waals surface area contributed by atoms with Gasteiger partial charge < -0.3 is 0 Å². The van der Waals surface area contributed by atoms with Crippen LogP contribution >= 0.6 is 22.6 Å². The molecule has 80 valence electrons. The van der Waals surface area contributed by atoms with Crippen LogP contribution < -0.4 is 0 Å². The van der Waals surface area contributed by atoms with Crippen LogP contribution in [0.4, 0.5) is 5.69 Å². The summed E-state index contributed by atoms with van der Waals surface area (Å²) in [4.78, 5) is 4.57. The first kappa shape index (κ1) is 11.3. The maximum Gasteiger partial charge on any atom is 0.0633 e. The number of hydrogen-bond donors (Lipinski definition) is 0. The van der Waals surface area contributed by atoms with Gasteiger partial charge in [-0.3, -0.25) is 4.99 Å². The highest BCUT2D eigenvalue weighted by Crippen LogP contribution is 2.14. The first-order valence-electron chi connectivity index (χ1n) is 5.12. The molecule has 2 rings (SSSR count). The fraction of sp³-hybridized carbons (Fsp3) is 0.0714. The van der Waals surface area contributed by atoms with Gasteiger partial charge in [0.1, 0.15) is 0 Å². The second-order valence-corrected chi connectivity index (χ2v) is 4.79. The maximum absolute atomic E-state index is 4.57. The molecule has 0 atom stereocenters. The number of hydrogen-bond acceptors (Lipinski definition) is 1. The van der Waals surface area contributed by atoms with Crippen molar-refractivity contribution in [3.8, 4) is 0 Å². The zero-order valence-electron chi connectivity index (χ0n) is 9.02. The van der Waals surface area contributed by atoms with Gasteiger partial charge in [-0.15, -0.1) is 0 Å². The summed E-state index contributed by atoms with van der Waals surface area (Å²) >= 11 is 2.30. The quantitative estimate of drug-likeness (QED) is 0.573. The Morgan fingerprint density at radius 3 is 2.19 bits per heavy atom. The van der Waals surface area contributed by atoms with Gasteiger partial charge in [-0.1, -0.05) is 30.3 Å². The lowest BCUT2D eigenvalue weighted by molar-refractivity contribution is 1.47. The maximum atomic E-state index is 4.57. The summed E-state index contributed by atoms with van der Waals surface area (Å²) in [5.41, 5.74) is 3.21. The van der Waals surface area contributed by atoms with Gasteiger partial charge in [0.15, 0.2) is 0 Å². The van der Waals surface area contributed by atoms with E-state index >= 15 is 0 Å². The molecule has 0 unspecified atom stereocenters. The molecule has 0 amide bonds. The normalized spacial score (nSPS) is 11.5. The summed E-state index contributed by atoms with van der Waals surface area (Å²) in [5.74, 6) is 0. The Morgan fingerprint density at radius 1 is 0.938 bits per heavy atom. The molecule has 0 bridgehead atoms. The van der Waals surface area contributed by atoms with Gasteiger partial charge >= 0.3 is 0 Å². The molecule has 0 aliphatic carbocycles. The molecule has 0 N–H and O–H groups in total. The predicted octanol–water partition coefficient (Wildman–Crippen LogP) is 4.43. The highest BCUT2D eigenvalue weighted by Gasteiger charge is 1.97. The first-order chi connectivity index (χ1) is 7.75. The molecule has 2 heteroatoms. The summed E-state index contributed by atoms with van der Waals surface area (Å²) in [6.07, 6.45) is 0. The van der Waals surface area contributed by atoms with Crippen LogP contribution in [0.5, 0.6) is 0 Å². The lowest BCUT2D eigenvalue weighted by Crippen LogP contribution is -1.93. The highest BCUT2D eigenvalue weighted by atomic mass is 127. The molecule has 0 spiro atoms. The fourth-order valence-corrected chi connectivity index (χ4v) is 1.81. The molecule has 0 aliphatic rings. The average Bonchev–Trinajstić information content (AvgIpc) is 2.31. The molecule has 0 heterocycles. The third-order valence-electron chi connectivity index (χ3n) is 2.31. The van der Waals surface area contributed by atoms with E-state index in [9.17, 15) is 0 Å². The van der Waals surface area contributed by atoms with Gasteiger partial charge in [0.25, 0.3) is 0 Å². The van der Waals surface area contributed by atoms with Crippen molar-refractivity contribution in [2.45, 2.75) is 6.92 Å². The molecule has 0 aliphatic heterocycles. The first-order valence-corrected chi connectivity index (χ1v) is 6.20. The van der Waals surface area contributed by atoms with E-state index < -0.39 is 0 Å². The zero-order valence-corrected chi connectivity index (χ0v) is 11.2. The van der Waals surface area contributed by atoms with Crippen LogP contribution in [0.25, 0.3) is 0 Å². The van der Waals surface area contributed by atoms with Gasteiger partial charge in [-0.25, -0.2) is 0 Å². The number of rotatable bonds is 2. The fourth-order valence-electron chi connectivity index (χ4n) is 1.45. The minimum absolute atomic E-state index is 0.999. The van der Waals surface area contributed by atoms with Gasteiger partial charge in [-0.05, 0) is 59.3 Å². The summed E-state index contributed by atoms with van der Waals surface area (Å²) in [5, 5.41) is 0. The van der Waals surface area contributed by atoms with E-state index in [1.807, 2.05) is 37.3 Å². The number of halogens is 1. The van der Waals surface area contributed by atoms with E-state index in [-0.39, 0.29) is 0 Å². The van der Waals surface area contributed by atoms with Gasteiger partial charge in [0.05, 0.1) is 5.69 Å². The number of aliphatic imine (C=N–C) groups is 1. The van der Waals surface area contributed by atoms with Gasteiger partial charge in [0.2, 0.25) is 0 Å². The number of benzene rings is 2. The lowest BCUT2D eigenvalue weighted by atomic mass is 10.1. The molecule has 2 aromatic carbocycles. The van der Waals surface area contributed by atoms with E-state index in [2.05, 4.69) is 51.8 Å². The molecular weight excluding hydrogens is 309 g/mol. The Balaban J connectivity index is 2.28. The molecule has 0 aromatic heterocycles. The Morgan fingerprint density at radius 2 is 1.56 bits per heavy atom. The highest BCUT2D eigenvalue weighted by molar-refractivity contribution is 14.1. The second kappa shape index (κ2) is 5.25. The lowest BCUT2D eigenvalue weighted by Gasteiger charge is -2.01. The third kappa shape index (κ3) is 2.92. The molecule has 0 fully saturated rings. The van der Waals surface area contributed by atoms with E-state index in [4.69, 9.17) is 0 Å². The largest absolute Gasteiger partial charge is 0.253 e. The Bertz CT molecular complexity index is 486. The minimum atomic E-state index is 0.999. The average molecular weight is 321 g/mol. The Hall–Kier alpha value is -1.16. The van der Waals surface area contributed by atoms with Crippen LogP contribution in [0.1, 0.15) is 12.5 Å². The van der Waals surface area contributed by atoms with E-state index in [0.29, 0.717) is 0 Å². The summed E-state index contributed by atoms with van der Waals surface area (Å²) in [7, 11) is 0. The van der Waals surface area contributed by atoms with Gasteiger partial charge in [0, 0.05) is 9.28 Å². The SMILES string of the molecule is CC(=Nc1ccccc1)c1ccc(I)cc1. The van der Waals surface area contributed by atoms with Gasteiger partial charge in [-0.2, -0.15) is 0 Å². The van der Waals surface area contributed by atoms with Crippen LogP contribution in [-0.4, -0.2) is 5.71 Å². The van der Waals surface area contributed by atoms with Crippen molar-refractivity contribution < 1.29 is 0 Å². The Kier molecular flexibility index (Phi) is 3.72. The van der Waals surface area contributed by atoms with Crippen molar-refractivity contribution in [1.82, 2.24) is 0 Å². The third-order valence-corrected chi connectivity index (χ3v) is 3.03. The molecule has 2 aromatic rings. The molecule has 0 saturated carbocycles. The van der Waals surface area contributed by atoms with Crippen molar-refractivity contribution in [2.24, 2.45) is 4.99 Å². The molecule has 1 nitrogen and oxygen atoms in total. The zero-order chi connectivity index (χ0) is 11.4. The van der Waals surface area contributed by atoms with Crippen LogP contribution in [0, 0.1) is 3.57 Å². The van der Waals surface area contributed by atoms with Crippen molar-refractivity contribution in [1.29, 1.82) is 0 Å². The molecular formula is C14H12IN. The molecule has 0 radical (unpaired) electrons. The topological polar surface area (TPSA) is 12.4 Å². The van der Waals surface area contributed by atoms with Crippen LogP contribution in [0.3, 0.4) is 0 Å². The van der Waals surface area contributed by atoms with Crippen LogP contribution in [0.2, 0.25) is 0 Å². The van der Waals surface area contributed by atoms with Crippen molar-refractivity contribution in [3.63, 3.8) is 0 Å². The van der Waals surface area contributed by atoms with Crippen molar-refractivity contribution in [3.05, 3.63) is 63.7 Å². The molecule has 16 heavy (non-hydrogen) atoms. The van der Waals surface area contributed by atoms with Crippen LogP contribution in [-0.2, 0) is 0 Å². The monoisotopic (exact) mass is 321 g/mol. The number of nitrogens with zero attached hydrogens (tertiary/aromatic N) is 1.